The average molecular weight is 280 g/mol. The Morgan fingerprint density at radius 1 is 1.30 bits per heavy atom. The second-order valence-electron chi connectivity index (χ2n) is 4.62. The van der Waals surface area contributed by atoms with Crippen LogP contribution in [0.5, 0.6) is 0 Å². The Kier molecular flexibility index (Phi) is 7.87. The number of ether oxygens (including phenoxy) is 1. The quantitative estimate of drug-likeness (QED) is 0.408. The molecule has 0 fully saturated rings. The Labute approximate surface area is 120 Å². The van der Waals surface area contributed by atoms with E-state index in [0.717, 1.165) is 5.56 Å². The lowest BCUT2D eigenvalue weighted by atomic mass is 10.0. The van der Waals surface area contributed by atoms with Crippen LogP contribution in [0.3, 0.4) is 0 Å². The standard InChI is InChI=1S/C15H24N2O3/c1-4-19-15(18)14(16-3)12(2)10-17-20-11-13-8-6-5-7-9-13/h5-9,12,14,16-17H,4,10-11H2,1-3H3/t12-,14-/m0/s1. The number of nitrogens with one attached hydrogen (secondary N) is 2. The molecule has 0 aliphatic rings. The minimum atomic E-state index is -0.331. The number of hydrogen-bond donors (Lipinski definition) is 2. The van der Waals surface area contributed by atoms with Crippen LogP contribution >= 0.6 is 0 Å². The Balaban J connectivity index is 2.27. The van der Waals surface area contributed by atoms with Gasteiger partial charge in [0.15, 0.2) is 0 Å². The Morgan fingerprint density at radius 3 is 2.60 bits per heavy atom. The summed E-state index contributed by atoms with van der Waals surface area (Å²) in [4.78, 5) is 17.1. The SMILES string of the molecule is CCOC(=O)[C@@H](NC)[C@@H](C)CNOCc1ccccc1. The number of hydroxylamine groups is 1. The van der Waals surface area contributed by atoms with Crippen molar-refractivity contribution in [1.82, 2.24) is 10.8 Å². The smallest absolute Gasteiger partial charge is 0.323 e. The van der Waals surface area contributed by atoms with Gasteiger partial charge in [-0.05, 0) is 25.5 Å². The second kappa shape index (κ2) is 9.47. The van der Waals surface area contributed by atoms with E-state index in [0.29, 0.717) is 19.8 Å². The fourth-order valence-electron chi connectivity index (χ4n) is 1.88. The number of esters is 1. The largest absolute Gasteiger partial charge is 0.465 e. The summed E-state index contributed by atoms with van der Waals surface area (Å²) in [5, 5.41) is 2.97. The molecule has 2 atom stereocenters. The fourth-order valence-corrected chi connectivity index (χ4v) is 1.88. The molecule has 0 spiro atoms. The van der Waals surface area contributed by atoms with Gasteiger partial charge in [0.1, 0.15) is 6.04 Å². The van der Waals surface area contributed by atoms with Crippen molar-refractivity contribution in [2.75, 3.05) is 20.2 Å². The van der Waals surface area contributed by atoms with Gasteiger partial charge in [-0.3, -0.25) is 9.63 Å². The molecule has 0 heterocycles. The molecule has 112 valence electrons. The maximum absolute atomic E-state index is 11.7. The van der Waals surface area contributed by atoms with Gasteiger partial charge in [-0.1, -0.05) is 37.3 Å². The molecule has 0 saturated heterocycles. The maximum Gasteiger partial charge on any atom is 0.323 e. The number of benzene rings is 1. The number of rotatable bonds is 9. The van der Waals surface area contributed by atoms with E-state index in [1.807, 2.05) is 37.3 Å². The molecule has 0 amide bonds. The summed E-state index contributed by atoms with van der Waals surface area (Å²) in [6.07, 6.45) is 0. The van der Waals surface area contributed by atoms with Gasteiger partial charge in [0.25, 0.3) is 0 Å². The van der Waals surface area contributed by atoms with Gasteiger partial charge in [0.05, 0.1) is 13.2 Å². The van der Waals surface area contributed by atoms with E-state index in [2.05, 4.69) is 10.8 Å². The molecule has 1 aromatic rings. The normalized spacial score (nSPS) is 13.8. The van der Waals surface area contributed by atoms with E-state index in [4.69, 9.17) is 9.57 Å². The van der Waals surface area contributed by atoms with Crippen LogP contribution in [0.2, 0.25) is 0 Å². The molecule has 0 aromatic heterocycles. The lowest BCUT2D eigenvalue weighted by Crippen LogP contribution is -2.44. The van der Waals surface area contributed by atoms with E-state index in [-0.39, 0.29) is 17.9 Å². The highest BCUT2D eigenvalue weighted by Crippen LogP contribution is 2.05. The molecule has 0 radical (unpaired) electrons. The number of carbonyl (C=O) groups is 1. The molecule has 20 heavy (non-hydrogen) atoms. The van der Waals surface area contributed by atoms with E-state index in [1.165, 1.54) is 0 Å². The summed E-state index contributed by atoms with van der Waals surface area (Å²) < 4.78 is 5.02. The maximum atomic E-state index is 11.7. The zero-order valence-corrected chi connectivity index (χ0v) is 12.4. The van der Waals surface area contributed by atoms with Crippen molar-refractivity contribution < 1.29 is 14.4 Å². The molecular formula is C15H24N2O3. The van der Waals surface area contributed by atoms with Gasteiger partial charge >= 0.3 is 5.97 Å². The molecule has 5 nitrogen and oxygen atoms in total. The lowest BCUT2D eigenvalue weighted by Gasteiger charge is -2.21. The van der Waals surface area contributed by atoms with Crippen LogP contribution in [0.25, 0.3) is 0 Å². The Bertz CT molecular complexity index is 384. The van der Waals surface area contributed by atoms with E-state index >= 15 is 0 Å². The minimum Gasteiger partial charge on any atom is -0.465 e. The minimum absolute atomic E-state index is 0.0647. The van der Waals surface area contributed by atoms with Gasteiger partial charge in [0, 0.05) is 6.54 Å². The zero-order valence-electron chi connectivity index (χ0n) is 12.4. The molecule has 0 aliphatic heterocycles. The zero-order chi connectivity index (χ0) is 14.8. The summed E-state index contributed by atoms with van der Waals surface area (Å²) in [5.41, 5.74) is 4.00. The van der Waals surface area contributed by atoms with Gasteiger partial charge in [-0.2, -0.15) is 0 Å². The molecule has 0 unspecified atom stereocenters. The summed E-state index contributed by atoms with van der Waals surface area (Å²) in [6.45, 7) is 5.23. The van der Waals surface area contributed by atoms with Gasteiger partial charge in [-0.25, -0.2) is 5.48 Å². The van der Waals surface area contributed by atoms with E-state index in [9.17, 15) is 4.79 Å². The van der Waals surface area contributed by atoms with Gasteiger partial charge < -0.3 is 10.1 Å². The van der Waals surface area contributed by atoms with Crippen molar-refractivity contribution in [3.63, 3.8) is 0 Å². The Morgan fingerprint density at radius 2 is 2.00 bits per heavy atom. The third-order valence-electron chi connectivity index (χ3n) is 3.01. The molecule has 1 rings (SSSR count). The van der Waals surface area contributed by atoms with Crippen molar-refractivity contribution >= 4 is 5.97 Å². The number of likely N-dealkylation sites (N-methyl/N-ethyl adjacent to an activating group) is 1. The third kappa shape index (κ3) is 5.69. The van der Waals surface area contributed by atoms with Gasteiger partial charge in [-0.15, -0.1) is 0 Å². The molecular weight excluding hydrogens is 256 g/mol. The van der Waals surface area contributed by atoms with Crippen LogP contribution in [0.4, 0.5) is 0 Å². The molecule has 2 N–H and O–H groups in total. The highest BCUT2D eigenvalue weighted by Gasteiger charge is 2.24. The topological polar surface area (TPSA) is 59.6 Å². The lowest BCUT2D eigenvalue weighted by molar-refractivity contribution is -0.147. The summed E-state index contributed by atoms with van der Waals surface area (Å²) in [7, 11) is 1.75. The van der Waals surface area contributed by atoms with Crippen molar-refractivity contribution in [1.29, 1.82) is 0 Å². The predicted molar refractivity (Wildman–Crippen MR) is 77.9 cm³/mol. The van der Waals surface area contributed by atoms with Crippen LogP contribution in [0, 0.1) is 5.92 Å². The highest BCUT2D eigenvalue weighted by molar-refractivity contribution is 5.76. The van der Waals surface area contributed by atoms with Crippen LogP contribution in [0.1, 0.15) is 19.4 Å². The van der Waals surface area contributed by atoms with Crippen molar-refractivity contribution in [2.45, 2.75) is 26.5 Å². The summed E-state index contributed by atoms with van der Waals surface area (Å²) >= 11 is 0. The first-order valence-electron chi connectivity index (χ1n) is 6.91. The van der Waals surface area contributed by atoms with Crippen LogP contribution in [-0.4, -0.2) is 32.2 Å². The van der Waals surface area contributed by atoms with E-state index < -0.39 is 0 Å². The first-order valence-corrected chi connectivity index (χ1v) is 6.91. The Hall–Kier alpha value is -1.43. The first-order chi connectivity index (χ1) is 9.69. The second-order valence-corrected chi connectivity index (χ2v) is 4.62. The predicted octanol–water partition coefficient (Wildman–Crippen LogP) is 1.49. The highest BCUT2D eigenvalue weighted by atomic mass is 16.6. The van der Waals surface area contributed by atoms with Crippen molar-refractivity contribution in [3.05, 3.63) is 35.9 Å². The molecule has 1 aromatic carbocycles. The summed E-state index contributed by atoms with van der Waals surface area (Å²) in [6, 6.07) is 9.58. The average Bonchev–Trinajstić information content (AvgIpc) is 2.46. The van der Waals surface area contributed by atoms with E-state index in [1.54, 1.807) is 14.0 Å². The number of hydrogen-bond acceptors (Lipinski definition) is 5. The monoisotopic (exact) mass is 280 g/mol. The van der Waals surface area contributed by atoms with Crippen molar-refractivity contribution in [3.8, 4) is 0 Å². The summed E-state index contributed by atoms with van der Waals surface area (Å²) in [5.74, 6) is -0.165. The number of carbonyl (C=O) groups excluding carboxylic acids is 1. The van der Waals surface area contributed by atoms with Crippen LogP contribution in [-0.2, 0) is 21.0 Å². The molecule has 0 bridgehead atoms. The first kappa shape index (κ1) is 16.6. The van der Waals surface area contributed by atoms with Gasteiger partial charge in [0.2, 0.25) is 0 Å². The van der Waals surface area contributed by atoms with Crippen molar-refractivity contribution in [2.24, 2.45) is 5.92 Å². The fraction of sp³-hybridized carbons (Fsp3) is 0.533. The van der Waals surface area contributed by atoms with Crippen LogP contribution in [0.15, 0.2) is 30.3 Å². The molecule has 0 aliphatic carbocycles. The van der Waals surface area contributed by atoms with Crippen LogP contribution < -0.4 is 10.8 Å². The molecule has 5 heteroatoms. The molecule has 0 saturated carbocycles. The third-order valence-corrected chi connectivity index (χ3v) is 3.01.